The first kappa shape index (κ1) is 15.9. The van der Waals surface area contributed by atoms with Gasteiger partial charge in [-0.25, -0.2) is 0 Å². The molecule has 0 aliphatic carbocycles. The highest BCUT2D eigenvalue weighted by molar-refractivity contribution is 9.10. The standard InChI is InChI=1S/C16H20BrN3O/c1-4-11-8-7-9-18-16(11)14(21)10-13-15(17)12(5-2)19-20(13)6-3/h7-9H,4-6,10H2,1-3H3. The summed E-state index contributed by atoms with van der Waals surface area (Å²) >= 11 is 3.58. The third-order valence-corrected chi connectivity index (χ3v) is 4.47. The first-order chi connectivity index (χ1) is 10.1. The molecule has 0 aromatic carbocycles. The van der Waals surface area contributed by atoms with Crippen molar-refractivity contribution in [1.82, 2.24) is 14.8 Å². The van der Waals surface area contributed by atoms with Gasteiger partial charge in [0.05, 0.1) is 22.3 Å². The van der Waals surface area contributed by atoms with Gasteiger partial charge >= 0.3 is 0 Å². The smallest absolute Gasteiger partial charge is 0.187 e. The second-order valence-electron chi connectivity index (χ2n) is 4.84. The minimum absolute atomic E-state index is 0.0467. The number of rotatable bonds is 6. The number of nitrogens with zero attached hydrogens (tertiary/aromatic N) is 3. The Bertz CT molecular complexity index is 649. The number of aromatic nitrogens is 3. The van der Waals surface area contributed by atoms with E-state index in [-0.39, 0.29) is 5.78 Å². The fourth-order valence-electron chi connectivity index (χ4n) is 2.40. The van der Waals surface area contributed by atoms with E-state index in [0.717, 1.165) is 40.8 Å². The van der Waals surface area contributed by atoms with Crippen molar-refractivity contribution in [3.63, 3.8) is 0 Å². The van der Waals surface area contributed by atoms with Gasteiger partial charge in [-0.1, -0.05) is 19.9 Å². The fraction of sp³-hybridized carbons (Fsp3) is 0.438. The normalized spacial score (nSPS) is 10.9. The van der Waals surface area contributed by atoms with Gasteiger partial charge in [-0.15, -0.1) is 0 Å². The number of carbonyl (C=O) groups is 1. The van der Waals surface area contributed by atoms with E-state index in [1.807, 2.05) is 30.7 Å². The van der Waals surface area contributed by atoms with Gasteiger partial charge in [-0.2, -0.15) is 5.10 Å². The third-order valence-electron chi connectivity index (χ3n) is 3.56. The molecule has 4 nitrogen and oxygen atoms in total. The van der Waals surface area contributed by atoms with Crippen LogP contribution in [-0.2, 0) is 25.8 Å². The van der Waals surface area contributed by atoms with Crippen molar-refractivity contribution in [2.24, 2.45) is 0 Å². The summed E-state index contributed by atoms with van der Waals surface area (Å²) in [5, 5.41) is 4.53. The Balaban J connectivity index is 2.33. The van der Waals surface area contributed by atoms with Gasteiger partial charge in [0.25, 0.3) is 0 Å². The van der Waals surface area contributed by atoms with Gasteiger partial charge in [-0.3, -0.25) is 14.5 Å². The second kappa shape index (κ2) is 6.98. The molecule has 0 saturated carbocycles. The highest BCUT2D eigenvalue weighted by Crippen LogP contribution is 2.24. The number of carbonyl (C=O) groups excluding carboxylic acids is 1. The van der Waals surface area contributed by atoms with E-state index in [4.69, 9.17) is 0 Å². The molecule has 0 aliphatic heterocycles. The van der Waals surface area contributed by atoms with E-state index >= 15 is 0 Å². The molecular weight excluding hydrogens is 330 g/mol. The molecule has 0 radical (unpaired) electrons. The quantitative estimate of drug-likeness (QED) is 0.748. The van der Waals surface area contributed by atoms with Gasteiger partial charge in [0.2, 0.25) is 0 Å². The molecule has 0 unspecified atom stereocenters. The van der Waals surface area contributed by atoms with Gasteiger partial charge < -0.3 is 0 Å². The van der Waals surface area contributed by atoms with Crippen LogP contribution in [0, 0.1) is 0 Å². The van der Waals surface area contributed by atoms with Crippen LogP contribution in [0.1, 0.15) is 48.2 Å². The summed E-state index contributed by atoms with van der Waals surface area (Å²) in [5.41, 5.74) is 3.51. The SMILES string of the molecule is CCc1cccnc1C(=O)Cc1c(Br)c(CC)nn1CC. The molecule has 2 rings (SSSR count). The van der Waals surface area contributed by atoms with Gasteiger partial charge in [0.1, 0.15) is 5.69 Å². The van der Waals surface area contributed by atoms with E-state index in [0.29, 0.717) is 12.1 Å². The zero-order chi connectivity index (χ0) is 15.4. The van der Waals surface area contributed by atoms with Crippen molar-refractivity contribution in [2.75, 3.05) is 0 Å². The van der Waals surface area contributed by atoms with Crippen LogP contribution in [0.2, 0.25) is 0 Å². The van der Waals surface area contributed by atoms with Gasteiger partial charge in [0, 0.05) is 12.7 Å². The van der Waals surface area contributed by atoms with Crippen molar-refractivity contribution < 1.29 is 4.79 Å². The first-order valence-corrected chi connectivity index (χ1v) is 8.12. The average Bonchev–Trinajstić information content (AvgIpc) is 2.83. The Kier molecular flexibility index (Phi) is 5.28. The average molecular weight is 350 g/mol. The van der Waals surface area contributed by atoms with Crippen LogP contribution < -0.4 is 0 Å². The van der Waals surface area contributed by atoms with E-state index in [1.54, 1.807) is 6.20 Å². The first-order valence-electron chi connectivity index (χ1n) is 7.33. The number of pyridine rings is 1. The Morgan fingerprint density at radius 1 is 1.29 bits per heavy atom. The van der Waals surface area contributed by atoms with Crippen molar-refractivity contribution in [3.05, 3.63) is 45.4 Å². The van der Waals surface area contributed by atoms with Crippen LogP contribution in [0.3, 0.4) is 0 Å². The van der Waals surface area contributed by atoms with E-state index in [9.17, 15) is 4.79 Å². The Morgan fingerprint density at radius 2 is 2.05 bits per heavy atom. The van der Waals surface area contributed by atoms with Crippen LogP contribution in [0.25, 0.3) is 0 Å². The fourth-order valence-corrected chi connectivity index (χ4v) is 3.10. The molecule has 2 heterocycles. The molecule has 0 fully saturated rings. The predicted octanol–water partition coefficient (Wildman–Crippen LogP) is 3.61. The molecule has 2 aromatic rings. The number of halogens is 1. The lowest BCUT2D eigenvalue weighted by Gasteiger charge is -2.07. The minimum atomic E-state index is 0.0467. The summed E-state index contributed by atoms with van der Waals surface area (Å²) in [6.07, 6.45) is 3.66. The van der Waals surface area contributed by atoms with Crippen molar-refractivity contribution in [2.45, 2.75) is 46.6 Å². The van der Waals surface area contributed by atoms with Crippen LogP contribution in [0.4, 0.5) is 0 Å². The second-order valence-corrected chi connectivity index (χ2v) is 5.63. The van der Waals surface area contributed by atoms with Gasteiger partial charge in [0.15, 0.2) is 5.78 Å². The molecule has 0 N–H and O–H groups in total. The molecule has 0 spiro atoms. The monoisotopic (exact) mass is 349 g/mol. The summed E-state index contributed by atoms with van der Waals surface area (Å²) in [4.78, 5) is 16.9. The molecular formula is C16H20BrN3O. The zero-order valence-electron chi connectivity index (χ0n) is 12.7. The van der Waals surface area contributed by atoms with E-state index in [2.05, 4.69) is 32.9 Å². The number of hydrogen-bond acceptors (Lipinski definition) is 3. The van der Waals surface area contributed by atoms with Crippen LogP contribution in [0.15, 0.2) is 22.8 Å². The molecule has 112 valence electrons. The Morgan fingerprint density at radius 3 is 2.67 bits per heavy atom. The van der Waals surface area contributed by atoms with Crippen LogP contribution in [0.5, 0.6) is 0 Å². The molecule has 2 aromatic heterocycles. The van der Waals surface area contributed by atoms with Crippen molar-refractivity contribution >= 4 is 21.7 Å². The highest BCUT2D eigenvalue weighted by Gasteiger charge is 2.19. The van der Waals surface area contributed by atoms with Crippen molar-refractivity contribution in [3.8, 4) is 0 Å². The lowest BCUT2D eigenvalue weighted by Crippen LogP contribution is -2.13. The summed E-state index contributed by atoms with van der Waals surface area (Å²) < 4.78 is 2.85. The largest absolute Gasteiger partial charge is 0.292 e. The van der Waals surface area contributed by atoms with Crippen molar-refractivity contribution in [1.29, 1.82) is 0 Å². The highest BCUT2D eigenvalue weighted by atomic mass is 79.9. The topological polar surface area (TPSA) is 47.8 Å². The Labute approximate surface area is 133 Å². The predicted molar refractivity (Wildman–Crippen MR) is 86.6 cm³/mol. The molecule has 0 atom stereocenters. The molecule has 21 heavy (non-hydrogen) atoms. The zero-order valence-corrected chi connectivity index (χ0v) is 14.3. The lowest BCUT2D eigenvalue weighted by molar-refractivity contribution is 0.0984. The van der Waals surface area contributed by atoms with E-state index in [1.165, 1.54) is 0 Å². The summed E-state index contributed by atoms with van der Waals surface area (Å²) in [6.45, 7) is 6.89. The molecule has 0 saturated heterocycles. The maximum absolute atomic E-state index is 12.6. The lowest BCUT2D eigenvalue weighted by atomic mass is 10.0. The Hall–Kier alpha value is -1.49. The summed E-state index contributed by atoms with van der Waals surface area (Å²) in [7, 11) is 0. The van der Waals surface area contributed by atoms with Gasteiger partial charge in [-0.05, 0) is 47.3 Å². The summed E-state index contributed by atoms with van der Waals surface area (Å²) in [6, 6.07) is 3.83. The summed E-state index contributed by atoms with van der Waals surface area (Å²) in [5.74, 6) is 0.0467. The molecule has 0 amide bonds. The third kappa shape index (κ3) is 3.23. The maximum Gasteiger partial charge on any atom is 0.187 e. The minimum Gasteiger partial charge on any atom is -0.292 e. The number of Topliss-reactive ketones (excluding diaryl/α,β-unsaturated/α-hetero) is 1. The van der Waals surface area contributed by atoms with Crippen LogP contribution >= 0.6 is 15.9 Å². The number of aryl methyl sites for hydroxylation is 3. The molecule has 0 aliphatic rings. The number of hydrogen-bond donors (Lipinski definition) is 0. The van der Waals surface area contributed by atoms with Crippen LogP contribution in [-0.4, -0.2) is 20.5 Å². The molecule has 5 heteroatoms. The molecule has 0 bridgehead atoms. The number of ketones is 1. The maximum atomic E-state index is 12.6. The van der Waals surface area contributed by atoms with E-state index < -0.39 is 0 Å².